The molecule has 0 radical (unpaired) electrons. The third-order valence-corrected chi connectivity index (χ3v) is 3.04. The molecule has 0 aromatic heterocycles. The van der Waals surface area contributed by atoms with Gasteiger partial charge in [0.25, 0.3) is 0 Å². The van der Waals surface area contributed by atoms with Gasteiger partial charge in [-0.1, -0.05) is 25.1 Å². The van der Waals surface area contributed by atoms with Crippen molar-refractivity contribution in [1.82, 2.24) is 0 Å². The summed E-state index contributed by atoms with van der Waals surface area (Å²) in [5.74, 6) is 0. The van der Waals surface area contributed by atoms with Gasteiger partial charge in [0.2, 0.25) is 0 Å². The Labute approximate surface area is 115 Å². The molecule has 5 heteroatoms. The number of nitrogen functional groups attached to an aromatic ring is 1. The van der Waals surface area contributed by atoms with E-state index in [9.17, 15) is 13.2 Å². The number of aryl methyl sites for hydroxylation is 1. The van der Waals surface area contributed by atoms with Crippen molar-refractivity contribution < 1.29 is 13.2 Å². The summed E-state index contributed by atoms with van der Waals surface area (Å²) in [4.78, 5) is 0. The molecule has 2 nitrogen and oxygen atoms in total. The molecule has 0 aliphatic rings. The van der Waals surface area contributed by atoms with Crippen LogP contribution in [0.5, 0.6) is 0 Å². The molecule has 0 aliphatic carbocycles. The van der Waals surface area contributed by atoms with Gasteiger partial charge in [-0.15, -0.1) is 0 Å². The summed E-state index contributed by atoms with van der Waals surface area (Å²) >= 11 is 0. The lowest BCUT2D eigenvalue weighted by molar-refractivity contribution is -0.136. The van der Waals surface area contributed by atoms with Crippen LogP contribution in [-0.4, -0.2) is 0 Å². The number of nitrogens with two attached hydrogens (primary N) is 1. The maximum Gasteiger partial charge on any atom is 0.418 e. The number of rotatable bonds is 3. The minimum atomic E-state index is -4.45. The Balaban J connectivity index is 2.35. The molecular weight excluding hydrogens is 265 g/mol. The molecule has 0 bridgehead atoms. The molecule has 2 aromatic carbocycles. The fraction of sp³-hybridized carbons (Fsp3) is 0.200. The van der Waals surface area contributed by atoms with Gasteiger partial charge in [0, 0.05) is 17.1 Å². The first kappa shape index (κ1) is 14.2. The van der Waals surface area contributed by atoms with Crippen molar-refractivity contribution in [3.63, 3.8) is 0 Å². The number of hydrogen-bond acceptors (Lipinski definition) is 2. The number of nitrogens with one attached hydrogen (secondary N) is 1. The van der Waals surface area contributed by atoms with E-state index in [1.54, 1.807) is 0 Å². The second-order valence-corrected chi connectivity index (χ2v) is 4.44. The van der Waals surface area contributed by atoms with Crippen LogP contribution < -0.4 is 11.1 Å². The van der Waals surface area contributed by atoms with Gasteiger partial charge >= 0.3 is 6.18 Å². The molecule has 20 heavy (non-hydrogen) atoms. The summed E-state index contributed by atoms with van der Waals surface area (Å²) in [6.45, 7) is 1.99. The number of halogens is 3. The van der Waals surface area contributed by atoms with Gasteiger partial charge in [-0.05, 0) is 36.2 Å². The smallest absolute Gasteiger partial charge is 0.398 e. The molecule has 0 heterocycles. The van der Waals surface area contributed by atoms with Gasteiger partial charge in [0.05, 0.1) is 5.56 Å². The monoisotopic (exact) mass is 280 g/mol. The van der Waals surface area contributed by atoms with Crippen molar-refractivity contribution in [2.24, 2.45) is 0 Å². The topological polar surface area (TPSA) is 38.0 Å². The Morgan fingerprint density at radius 1 is 1.10 bits per heavy atom. The van der Waals surface area contributed by atoms with E-state index in [2.05, 4.69) is 5.32 Å². The fourth-order valence-electron chi connectivity index (χ4n) is 1.99. The molecule has 2 rings (SSSR count). The van der Waals surface area contributed by atoms with Gasteiger partial charge in [-0.2, -0.15) is 13.2 Å². The van der Waals surface area contributed by atoms with Gasteiger partial charge in [-0.25, -0.2) is 0 Å². The minimum absolute atomic E-state index is 0.271. The highest BCUT2D eigenvalue weighted by Gasteiger charge is 2.33. The zero-order valence-electron chi connectivity index (χ0n) is 11.0. The quantitative estimate of drug-likeness (QED) is 0.807. The molecular formula is C15H15F3N2. The van der Waals surface area contributed by atoms with Crippen LogP contribution in [0.1, 0.15) is 18.1 Å². The van der Waals surface area contributed by atoms with E-state index in [1.807, 2.05) is 31.2 Å². The van der Waals surface area contributed by atoms with Crippen LogP contribution in [-0.2, 0) is 12.6 Å². The highest BCUT2D eigenvalue weighted by Crippen LogP contribution is 2.35. The van der Waals surface area contributed by atoms with E-state index in [-0.39, 0.29) is 5.69 Å². The van der Waals surface area contributed by atoms with Crippen molar-refractivity contribution in [3.8, 4) is 0 Å². The maximum atomic E-state index is 12.8. The summed E-state index contributed by atoms with van der Waals surface area (Å²) in [7, 11) is 0. The van der Waals surface area contributed by atoms with Crippen molar-refractivity contribution in [1.29, 1.82) is 0 Å². The first-order valence-electron chi connectivity index (χ1n) is 6.23. The second kappa shape index (κ2) is 5.45. The second-order valence-electron chi connectivity index (χ2n) is 4.44. The molecule has 0 atom stereocenters. The summed E-state index contributed by atoms with van der Waals surface area (Å²) < 4.78 is 38.4. The molecule has 2 aromatic rings. The van der Waals surface area contributed by atoms with E-state index in [0.717, 1.165) is 23.7 Å². The predicted molar refractivity (Wildman–Crippen MR) is 75.0 cm³/mol. The number of para-hydroxylation sites is 1. The van der Waals surface area contributed by atoms with Crippen LogP contribution in [0, 0.1) is 0 Å². The Morgan fingerprint density at radius 2 is 1.80 bits per heavy atom. The van der Waals surface area contributed by atoms with Crippen LogP contribution in [0.4, 0.5) is 30.2 Å². The van der Waals surface area contributed by atoms with Crippen LogP contribution in [0.15, 0.2) is 42.5 Å². The standard InChI is InChI=1S/C15H15F3N2/c1-2-10-5-3-4-6-14(10)20-11-7-8-13(19)12(9-11)15(16,17)18/h3-9,20H,2,19H2,1H3. The number of alkyl halides is 3. The number of anilines is 3. The molecule has 106 valence electrons. The first-order valence-corrected chi connectivity index (χ1v) is 6.23. The Hall–Kier alpha value is -2.17. The zero-order valence-corrected chi connectivity index (χ0v) is 11.0. The van der Waals surface area contributed by atoms with Crippen molar-refractivity contribution >= 4 is 17.1 Å². The van der Waals surface area contributed by atoms with Crippen LogP contribution in [0.25, 0.3) is 0 Å². The summed E-state index contributed by atoms with van der Waals surface area (Å²) in [5.41, 5.74) is 6.49. The average molecular weight is 280 g/mol. The number of benzene rings is 2. The Kier molecular flexibility index (Phi) is 3.88. The van der Waals surface area contributed by atoms with Gasteiger partial charge < -0.3 is 11.1 Å². The lowest BCUT2D eigenvalue weighted by Gasteiger charge is -2.14. The van der Waals surface area contributed by atoms with E-state index in [4.69, 9.17) is 5.73 Å². The van der Waals surface area contributed by atoms with E-state index >= 15 is 0 Å². The van der Waals surface area contributed by atoms with Crippen molar-refractivity contribution in [2.75, 3.05) is 11.1 Å². The van der Waals surface area contributed by atoms with E-state index in [0.29, 0.717) is 5.69 Å². The van der Waals surface area contributed by atoms with Gasteiger partial charge in [0.15, 0.2) is 0 Å². The molecule has 0 spiro atoms. The third kappa shape index (κ3) is 3.04. The van der Waals surface area contributed by atoms with Crippen LogP contribution in [0.3, 0.4) is 0 Å². The molecule has 0 amide bonds. The SMILES string of the molecule is CCc1ccccc1Nc1ccc(N)c(C(F)(F)F)c1. The van der Waals surface area contributed by atoms with E-state index in [1.165, 1.54) is 12.1 Å². The average Bonchev–Trinajstić information content (AvgIpc) is 2.40. The fourth-order valence-corrected chi connectivity index (χ4v) is 1.99. The highest BCUT2D eigenvalue weighted by molar-refractivity contribution is 5.67. The third-order valence-electron chi connectivity index (χ3n) is 3.04. The molecule has 0 aliphatic heterocycles. The summed E-state index contributed by atoms with van der Waals surface area (Å²) in [6.07, 6.45) is -3.66. The molecule has 0 unspecified atom stereocenters. The van der Waals surface area contributed by atoms with Crippen LogP contribution in [0.2, 0.25) is 0 Å². The maximum absolute atomic E-state index is 12.8. The minimum Gasteiger partial charge on any atom is -0.398 e. The van der Waals surface area contributed by atoms with Gasteiger partial charge in [-0.3, -0.25) is 0 Å². The molecule has 0 fully saturated rings. The molecule has 0 saturated carbocycles. The van der Waals surface area contributed by atoms with Crippen LogP contribution >= 0.6 is 0 Å². The van der Waals surface area contributed by atoms with Gasteiger partial charge in [0.1, 0.15) is 0 Å². The van der Waals surface area contributed by atoms with Crippen molar-refractivity contribution in [2.45, 2.75) is 19.5 Å². The molecule has 0 saturated heterocycles. The summed E-state index contributed by atoms with van der Waals surface area (Å²) in [5, 5.41) is 3.01. The summed E-state index contributed by atoms with van der Waals surface area (Å²) in [6, 6.07) is 11.3. The van der Waals surface area contributed by atoms with Crippen molar-refractivity contribution in [3.05, 3.63) is 53.6 Å². The first-order chi connectivity index (χ1) is 9.41. The Morgan fingerprint density at radius 3 is 2.45 bits per heavy atom. The van der Waals surface area contributed by atoms with E-state index < -0.39 is 11.7 Å². The largest absolute Gasteiger partial charge is 0.418 e. The lowest BCUT2D eigenvalue weighted by Crippen LogP contribution is -2.09. The zero-order chi connectivity index (χ0) is 14.8. The molecule has 3 N–H and O–H groups in total. The predicted octanol–water partition coefficient (Wildman–Crippen LogP) is 4.59. The highest BCUT2D eigenvalue weighted by atomic mass is 19.4. The number of hydrogen-bond donors (Lipinski definition) is 2. The lowest BCUT2D eigenvalue weighted by atomic mass is 10.1. The normalized spacial score (nSPS) is 11.4. The Bertz CT molecular complexity index is 606.